The molecule has 1 aliphatic heterocycles. The van der Waals surface area contributed by atoms with Gasteiger partial charge in [0.25, 0.3) is 0 Å². The predicted octanol–water partition coefficient (Wildman–Crippen LogP) is 4.67. The number of aromatic nitrogens is 1. The second-order valence-electron chi connectivity index (χ2n) is 6.73. The van der Waals surface area contributed by atoms with E-state index in [0.29, 0.717) is 0 Å². The second-order valence-corrected chi connectivity index (χ2v) is 7.59. The maximum atomic E-state index is 5.53. The van der Waals surface area contributed by atoms with E-state index in [4.69, 9.17) is 4.74 Å². The van der Waals surface area contributed by atoms with Gasteiger partial charge in [0.1, 0.15) is 0 Å². The summed E-state index contributed by atoms with van der Waals surface area (Å²) in [7, 11) is 0. The molecule has 144 valence electrons. The molecule has 0 bridgehead atoms. The van der Waals surface area contributed by atoms with Crippen molar-refractivity contribution in [2.75, 3.05) is 31.7 Å². The largest absolute Gasteiger partial charge is 0.379 e. The normalized spacial score (nSPS) is 16.7. The predicted molar refractivity (Wildman–Crippen MR) is 116 cm³/mol. The Balaban J connectivity index is 1.52. The highest BCUT2D eigenvalue weighted by Gasteiger charge is 2.25. The molecule has 1 aliphatic rings. The van der Waals surface area contributed by atoms with Crippen molar-refractivity contribution in [1.82, 2.24) is 9.88 Å². The zero-order valence-electron chi connectivity index (χ0n) is 15.9. The molecule has 1 saturated heterocycles. The van der Waals surface area contributed by atoms with Gasteiger partial charge in [-0.05, 0) is 12.5 Å². The number of rotatable bonds is 6. The van der Waals surface area contributed by atoms with E-state index in [2.05, 4.69) is 69.1 Å². The molecule has 1 aromatic heterocycles. The van der Waals surface area contributed by atoms with Crippen molar-refractivity contribution in [2.24, 2.45) is 5.10 Å². The van der Waals surface area contributed by atoms with Crippen molar-refractivity contribution in [3.8, 4) is 11.3 Å². The molecular weight excluding hydrogens is 368 g/mol. The van der Waals surface area contributed by atoms with Crippen LogP contribution in [0.25, 0.3) is 11.3 Å². The molecule has 3 aromatic rings. The van der Waals surface area contributed by atoms with Crippen LogP contribution in [-0.2, 0) is 4.74 Å². The van der Waals surface area contributed by atoms with Gasteiger partial charge in [-0.25, -0.2) is 4.98 Å². The van der Waals surface area contributed by atoms with Gasteiger partial charge in [0.2, 0.25) is 5.13 Å². The van der Waals surface area contributed by atoms with Crippen LogP contribution in [0.1, 0.15) is 18.5 Å². The number of anilines is 1. The minimum absolute atomic E-state index is 0.131. The number of hydrogen-bond acceptors (Lipinski definition) is 6. The quantitative estimate of drug-likeness (QED) is 0.489. The fourth-order valence-corrected chi connectivity index (χ4v) is 4.11. The standard InChI is InChI=1S/C22H24N4OS/c1-17(21(19-10-6-3-7-11-19)26-12-14-27-15-13-26)24-25-22-23-20(16-28-22)18-8-4-2-5-9-18/h2-11,16,21H,12-15H2,1H3,(H,23,25)/b24-17-/t21-/m0/s1. The Bertz CT molecular complexity index is 905. The van der Waals surface area contributed by atoms with Crippen molar-refractivity contribution in [2.45, 2.75) is 13.0 Å². The molecule has 28 heavy (non-hydrogen) atoms. The van der Waals surface area contributed by atoms with Crippen molar-refractivity contribution >= 4 is 22.2 Å². The number of thiazole rings is 1. The molecule has 0 spiro atoms. The van der Waals surface area contributed by atoms with Crippen LogP contribution in [0.15, 0.2) is 71.1 Å². The average Bonchev–Trinajstić information content (AvgIpc) is 3.24. The number of hydrogen-bond donors (Lipinski definition) is 1. The molecule has 1 fully saturated rings. The van der Waals surface area contributed by atoms with Crippen molar-refractivity contribution in [1.29, 1.82) is 0 Å². The van der Waals surface area contributed by atoms with Gasteiger partial charge in [0, 0.05) is 24.0 Å². The molecule has 0 unspecified atom stereocenters. The molecule has 2 heterocycles. The Morgan fingerprint density at radius 2 is 1.75 bits per heavy atom. The van der Waals surface area contributed by atoms with E-state index >= 15 is 0 Å². The third-order valence-electron chi connectivity index (χ3n) is 4.82. The molecule has 1 atom stereocenters. The lowest BCUT2D eigenvalue weighted by Crippen LogP contribution is -2.41. The summed E-state index contributed by atoms with van der Waals surface area (Å²) in [5, 5.41) is 7.54. The van der Waals surface area contributed by atoms with E-state index in [0.717, 1.165) is 48.4 Å². The average molecular weight is 393 g/mol. The SMILES string of the molecule is C/C(=N/Nc1nc(-c2ccccc2)cs1)[C@@H](c1ccccc1)N1CCOCC1. The van der Waals surface area contributed by atoms with Crippen molar-refractivity contribution < 1.29 is 4.74 Å². The lowest BCUT2D eigenvalue weighted by molar-refractivity contribution is 0.0286. The summed E-state index contributed by atoms with van der Waals surface area (Å²) < 4.78 is 5.53. The molecule has 4 rings (SSSR count). The third-order valence-corrected chi connectivity index (χ3v) is 5.57. The smallest absolute Gasteiger partial charge is 0.203 e. The van der Waals surface area contributed by atoms with Crippen LogP contribution in [-0.4, -0.2) is 41.9 Å². The van der Waals surface area contributed by atoms with Gasteiger partial charge >= 0.3 is 0 Å². The summed E-state index contributed by atoms with van der Waals surface area (Å²) in [6.45, 7) is 5.41. The lowest BCUT2D eigenvalue weighted by Gasteiger charge is -2.34. The molecule has 5 nitrogen and oxygen atoms in total. The Hall–Kier alpha value is -2.54. The molecule has 0 aliphatic carbocycles. The summed E-state index contributed by atoms with van der Waals surface area (Å²) in [4.78, 5) is 7.09. The zero-order chi connectivity index (χ0) is 19.2. The highest BCUT2D eigenvalue weighted by atomic mass is 32.1. The van der Waals surface area contributed by atoms with Crippen LogP contribution in [0.4, 0.5) is 5.13 Å². The van der Waals surface area contributed by atoms with Crippen LogP contribution in [0.2, 0.25) is 0 Å². The molecule has 1 N–H and O–H groups in total. The number of hydrazone groups is 1. The number of morpholine rings is 1. The third kappa shape index (κ3) is 4.47. The maximum absolute atomic E-state index is 5.53. The minimum Gasteiger partial charge on any atom is -0.379 e. The number of benzene rings is 2. The molecule has 6 heteroatoms. The first-order chi connectivity index (χ1) is 13.8. The molecule has 2 aromatic carbocycles. The number of ether oxygens (including phenoxy) is 1. The molecular formula is C22H24N4OS. The first-order valence-electron chi connectivity index (χ1n) is 9.49. The first kappa shape index (κ1) is 18.8. The highest BCUT2D eigenvalue weighted by Crippen LogP contribution is 2.26. The van der Waals surface area contributed by atoms with E-state index in [9.17, 15) is 0 Å². The molecule has 0 saturated carbocycles. The van der Waals surface area contributed by atoms with Crippen LogP contribution >= 0.6 is 11.3 Å². The maximum Gasteiger partial charge on any atom is 0.203 e. The fraction of sp³-hybridized carbons (Fsp3) is 0.273. The summed E-state index contributed by atoms with van der Waals surface area (Å²) in [5.41, 5.74) is 7.51. The Morgan fingerprint density at radius 3 is 2.46 bits per heavy atom. The first-order valence-corrected chi connectivity index (χ1v) is 10.4. The topological polar surface area (TPSA) is 49.8 Å². The Morgan fingerprint density at radius 1 is 1.07 bits per heavy atom. The van der Waals surface area contributed by atoms with Crippen LogP contribution in [0.5, 0.6) is 0 Å². The van der Waals surface area contributed by atoms with Gasteiger partial charge in [0.05, 0.1) is 30.7 Å². The van der Waals surface area contributed by atoms with Gasteiger partial charge < -0.3 is 4.74 Å². The van der Waals surface area contributed by atoms with Crippen LogP contribution < -0.4 is 5.43 Å². The second kappa shape index (κ2) is 9.10. The zero-order valence-corrected chi connectivity index (χ0v) is 16.7. The lowest BCUT2D eigenvalue weighted by atomic mass is 10.0. The molecule has 0 radical (unpaired) electrons. The highest BCUT2D eigenvalue weighted by molar-refractivity contribution is 7.14. The summed E-state index contributed by atoms with van der Waals surface area (Å²) in [6, 6.07) is 20.9. The van der Waals surface area contributed by atoms with Crippen molar-refractivity contribution in [3.05, 3.63) is 71.6 Å². The summed E-state index contributed by atoms with van der Waals surface area (Å²) in [5.74, 6) is 0. The van der Waals surface area contributed by atoms with Gasteiger partial charge in [-0.2, -0.15) is 5.10 Å². The van der Waals surface area contributed by atoms with E-state index in [1.54, 1.807) is 11.3 Å². The van der Waals surface area contributed by atoms with Gasteiger partial charge in [-0.3, -0.25) is 10.3 Å². The fourth-order valence-electron chi connectivity index (χ4n) is 3.45. The van der Waals surface area contributed by atoms with E-state index < -0.39 is 0 Å². The van der Waals surface area contributed by atoms with Gasteiger partial charge in [0.15, 0.2) is 0 Å². The van der Waals surface area contributed by atoms with E-state index in [1.807, 2.05) is 24.3 Å². The van der Waals surface area contributed by atoms with Crippen molar-refractivity contribution in [3.63, 3.8) is 0 Å². The molecule has 0 amide bonds. The van der Waals surface area contributed by atoms with Gasteiger partial charge in [-0.1, -0.05) is 60.7 Å². The van der Waals surface area contributed by atoms with E-state index in [-0.39, 0.29) is 6.04 Å². The minimum atomic E-state index is 0.131. The summed E-state index contributed by atoms with van der Waals surface area (Å²) in [6.07, 6.45) is 0. The monoisotopic (exact) mass is 392 g/mol. The number of nitrogens with one attached hydrogen (secondary N) is 1. The Labute approximate surface area is 169 Å². The summed E-state index contributed by atoms with van der Waals surface area (Å²) >= 11 is 1.57. The van der Waals surface area contributed by atoms with Crippen LogP contribution in [0.3, 0.4) is 0 Å². The van der Waals surface area contributed by atoms with E-state index in [1.165, 1.54) is 5.56 Å². The number of nitrogens with zero attached hydrogens (tertiary/aromatic N) is 3. The Kier molecular flexibility index (Phi) is 6.11. The van der Waals surface area contributed by atoms with Gasteiger partial charge in [-0.15, -0.1) is 11.3 Å². The van der Waals surface area contributed by atoms with Crippen LogP contribution in [0, 0.1) is 0 Å².